The fourth-order valence-corrected chi connectivity index (χ4v) is 2.34. The summed E-state index contributed by atoms with van der Waals surface area (Å²) in [6, 6.07) is 0. The molecule has 1 atom stereocenters. The molecule has 1 rings (SSSR count). The zero-order valence-corrected chi connectivity index (χ0v) is 11.7. The van der Waals surface area contributed by atoms with E-state index in [4.69, 9.17) is 4.74 Å². The minimum absolute atomic E-state index is 0.122. The fraction of sp³-hybridized carbons (Fsp3) is 0.929. The van der Waals surface area contributed by atoms with Crippen LogP contribution in [-0.4, -0.2) is 36.4 Å². The van der Waals surface area contributed by atoms with Crippen LogP contribution in [0.2, 0.25) is 0 Å². The highest BCUT2D eigenvalue weighted by Crippen LogP contribution is 2.19. The van der Waals surface area contributed by atoms with Crippen LogP contribution in [-0.2, 0) is 9.53 Å². The van der Waals surface area contributed by atoms with Crippen molar-refractivity contribution in [2.24, 2.45) is 5.92 Å². The van der Waals surface area contributed by atoms with Gasteiger partial charge >= 0.3 is 0 Å². The standard InChI is InChI=1S/C14H27NO3/c1-11(2)8-12(16)9-15-14(17)10-18-13-6-4-3-5-7-13/h11-13,16H,3-10H2,1-2H3,(H,15,17). The summed E-state index contributed by atoms with van der Waals surface area (Å²) in [4.78, 5) is 11.5. The third-order valence-corrected chi connectivity index (χ3v) is 3.28. The SMILES string of the molecule is CC(C)CC(O)CNC(=O)COC1CCCCC1. The molecule has 1 fully saturated rings. The summed E-state index contributed by atoms with van der Waals surface area (Å²) < 4.78 is 5.56. The quantitative estimate of drug-likeness (QED) is 0.732. The van der Waals surface area contributed by atoms with Crippen molar-refractivity contribution in [1.82, 2.24) is 5.32 Å². The Bertz CT molecular complexity index is 237. The lowest BCUT2D eigenvalue weighted by Crippen LogP contribution is -2.36. The van der Waals surface area contributed by atoms with E-state index in [1.807, 2.05) is 0 Å². The maximum atomic E-state index is 11.5. The van der Waals surface area contributed by atoms with E-state index in [-0.39, 0.29) is 18.6 Å². The summed E-state index contributed by atoms with van der Waals surface area (Å²) >= 11 is 0. The second-order valence-electron chi connectivity index (χ2n) is 5.66. The van der Waals surface area contributed by atoms with Crippen LogP contribution in [0.4, 0.5) is 0 Å². The molecule has 2 N–H and O–H groups in total. The normalized spacial score (nSPS) is 18.9. The molecule has 1 saturated carbocycles. The summed E-state index contributed by atoms with van der Waals surface area (Å²) in [7, 11) is 0. The van der Waals surface area contributed by atoms with Crippen LogP contribution in [0.3, 0.4) is 0 Å². The van der Waals surface area contributed by atoms with Crippen molar-refractivity contribution in [1.29, 1.82) is 0 Å². The molecule has 18 heavy (non-hydrogen) atoms. The Balaban J connectivity index is 2.06. The van der Waals surface area contributed by atoms with Crippen molar-refractivity contribution in [2.75, 3.05) is 13.2 Å². The van der Waals surface area contributed by atoms with Gasteiger partial charge in [-0.15, -0.1) is 0 Å². The van der Waals surface area contributed by atoms with Gasteiger partial charge < -0.3 is 15.2 Å². The minimum atomic E-state index is -0.455. The number of nitrogens with one attached hydrogen (secondary N) is 1. The van der Waals surface area contributed by atoms with Crippen molar-refractivity contribution in [3.63, 3.8) is 0 Å². The molecule has 1 aliphatic carbocycles. The molecule has 1 aliphatic rings. The van der Waals surface area contributed by atoms with Gasteiger partial charge in [0.2, 0.25) is 5.91 Å². The average molecular weight is 257 g/mol. The Hall–Kier alpha value is -0.610. The average Bonchev–Trinajstić information content (AvgIpc) is 2.34. The molecule has 106 valence electrons. The highest BCUT2D eigenvalue weighted by atomic mass is 16.5. The monoisotopic (exact) mass is 257 g/mol. The molecular formula is C14H27NO3. The van der Waals surface area contributed by atoms with Crippen LogP contribution in [0.5, 0.6) is 0 Å². The maximum absolute atomic E-state index is 11.5. The molecule has 0 radical (unpaired) electrons. The number of carbonyl (C=O) groups excluding carboxylic acids is 1. The predicted octanol–water partition coefficient (Wildman–Crippen LogP) is 1.86. The molecule has 4 nitrogen and oxygen atoms in total. The van der Waals surface area contributed by atoms with Crippen molar-refractivity contribution >= 4 is 5.91 Å². The van der Waals surface area contributed by atoms with Gasteiger partial charge in [-0.25, -0.2) is 0 Å². The molecule has 1 amide bonds. The predicted molar refractivity (Wildman–Crippen MR) is 71.3 cm³/mol. The molecule has 0 spiro atoms. The van der Waals surface area contributed by atoms with Crippen molar-refractivity contribution < 1.29 is 14.6 Å². The molecule has 0 heterocycles. The minimum Gasteiger partial charge on any atom is -0.391 e. The van der Waals surface area contributed by atoms with Gasteiger partial charge in [-0.2, -0.15) is 0 Å². The van der Waals surface area contributed by atoms with Gasteiger partial charge in [0.05, 0.1) is 12.2 Å². The van der Waals surface area contributed by atoms with E-state index in [1.165, 1.54) is 19.3 Å². The first-order valence-electron chi connectivity index (χ1n) is 7.14. The van der Waals surface area contributed by atoms with Crippen LogP contribution in [0.15, 0.2) is 0 Å². The van der Waals surface area contributed by atoms with Crippen LogP contribution >= 0.6 is 0 Å². The van der Waals surface area contributed by atoms with Crippen molar-refractivity contribution in [3.8, 4) is 0 Å². The lowest BCUT2D eigenvalue weighted by Gasteiger charge is -2.21. The number of aliphatic hydroxyl groups excluding tert-OH is 1. The summed E-state index contributed by atoms with van der Waals surface area (Å²) in [5.41, 5.74) is 0. The Labute approximate surface area is 110 Å². The van der Waals surface area contributed by atoms with E-state index < -0.39 is 6.10 Å². The van der Waals surface area contributed by atoms with Crippen molar-refractivity contribution in [2.45, 2.75) is 64.6 Å². The fourth-order valence-electron chi connectivity index (χ4n) is 2.34. The first-order valence-corrected chi connectivity index (χ1v) is 7.14. The Morgan fingerprint density at radius 3 is 2.61 bits per heavy atom. The Morgan fingerprint density at radius 1 is 1.33 bits per heavy atom. The molecule has 4 heteroatoms. The zero-order valence-electron chi connectivity index (χ0n) is 11.7. The lowest BCUT2D eigenvalue weighted by atomic mass is 9.98. The van der Waals surface area contributed by atoms with Crippen molar-refractivity contribution in [3.05, 3.63) is 0 Å². The first kappa shape index (κ1) is 15.4. The number of amides is 1. The van der Waals surface area contributed by atoms with Crippen LogP contribution in [0, 0.1) is 5.92 Å². The van der Waals surface area contributed by atoms with Gasteiger partial charge in [-0.05, 0) is 25.2 Å². The molecule has 0 aromatic carbocycles. The van der Waals surface area contributed by atoms with Gasteiger partial charge in [0.1, 0.15) is 6.61 Å². The topological polar surface area (TPSA) is 58.6 Å². The number of rotatable bonds is 7. The molecule has 0 aromatic rings. The number of carbonyl (C=O) groups is 1. The van der Waals surface area contributed by atoms with Gasteiger partial charge in [0, 0.05) is 6.54 Å². The molecular weight excluding hydrogens is 230 g/mol. The lowest BCUT2D eigenvalue weighted by molar-refractivity contribution is -0.128. The largest absolute Gasteiger partial charge is 0.391 e. The maximum Gasteiger partial charge on any atom is 0.246 e. The molecule has 1 unspecified atom stereocenters. The third kappa shape index (κ3) is 6.97. The number of aliphatic hydroxyl groups is 1. The number of hydrogen-bond acceptors (Lipinski definition) is 3. The second kappa shape index (κ2) is 8.48. The second-order valence-corrected chi connectivity index (χ2v) is 5.66. The Kier molecular flexibility index (Phi) is 7.28. The van der Waals surface area contributed by atoms with Gasteiger partial charge in [-0.3, -0.25) is 4.79 Å². The number of ether oxygens (including phenoxy) is 1. The van der Waals surface area contributed by atoms with Crippen LogP contribution in [0.25, 0.3) is 0 Å². The highest BCUT2D eigenvalue weighted by molar-refractivity contribution is 5.77. The van der Waals surface area contributed by atoms with E-state index >= 15 is 0 Å². The summed E-state index contributed by atoms with van der Waals surface area (Å²) in [6.07, 6.45) is 6.36. The van der Waals surface area contributed by atoms with E-state index in [1.54, 1.807) is 0 Å². The van der Waals surface area contributed by atoms with E-state index in [9.17, 15) is 9.90 Å². The molecule has 0 saturated heterocycles. The van der Waals surface area contributed by atoms with E-state index in [0.717, 1.165) is 12.8 Å². The summed E-state index contributed by atoms with van der Waals surface area (Å²) in [5, 5.41) is 12.3. The third-order valence-electron chi connectivity index (χ3n) is 3.28. The van der Waals surface area contributed by atoms with Gasteiger partial charge in [0.25, 0.3) is 0 Å². The molecule has 0 aromatic heterocycles. The number of hydrogen-bond donors (Lipinski definition) is 2. The molecule has 0 aliphatic heterocycles. The summed E-state index contributed by atoms with van der Waals surface area (Å²) in [5.74, 6) is 0.318. The van der Waals surface area contributed by atoms with Crippen LogP contribution < -0.4 is 5.32 Å². The smallest absolute Gasteiger partial charge is 0.246 e. The Morgan fingerprint density at radius 2 is 2.00 bits per heavy atom. The molecule has 0 bridgehead atoms. The van der Waals surface area contributed by atoms with Gasteiger partial charge in [-0.1, -0.05) is 33.1 Å². The zero-order chi connectivity index (χ0) is 13.4. The van der Waals surface area contributed by atoms with E-state index in [2.05, 4.69) is 19.2 Å². The van der Waals surface area contributed by atoms with Crippen LogP contribution in [0.1, 0.15) is 52.4 Å². The summed E-state index contributed by atoms with van der Waals surface area (Å²) in [6.45, 7) is 4.55. The first-order chi connectivity index (χ1) is 8.58. The highest BCUT2D eigenvalue weighted by Gasteiger charge is 2.15. The van der Waals surface area contributed by atoms with Gasteiger partial charge in [0.15, 0.2) is 0 Å². The van der Waals surface area contributed by atoms with E-state index in [0.29, 0.717) is 18.9 Å².